The van der Waals surface area contributed by atoms with E-state index in [-0.39, 0.29) is 11.3 Å². The van der Waals surface area contributed by atoms with Crippen molar-refractivity contribution in [1.82, 2.24) is 10.6 Å². The Hall–Kier alpha value is -3.47. The van der Waals surface area contributed by atoms with Gasteiger partial charge in [-0.1, -0.05) is 30.3 Å². The number of aliphatic imine (C=N–C) groups is 1. The summed E-state index contributed by atoms with van der Waals surface area (Å²) in [5.74, 6) is -1.19. The molecule has 0 aromatic heterocycles. The van der Waals surface area contributed by atoms with E-state index in [1.54, 1.807) is 30.3 Å². The number of carbonyl (C=O) groups is 2. The highest BCUT2D eigenvalue weighted by Gasteiger charge is 2.32. The quantitative estimate of drug-likeness (QED) is 0.428. The van der Waals surface area contributed by atoms with Crippen molar-refractivity contribution in [3.63, 3.8) is 0 Å². The van der Waals surface area contributed by atoms with Crippen LogP contribution in [0.1, 0.15) is 11.1 Å². The summed E-state index contributed by atoms with van der Waals surface area (Å²) in [6, 6.07) is 11.6. The molecule has 0 saturated carbocycles. The molecule has 31 heavy (non-hydrogen) atoms. The van der Waals surface area contributed by atoms with Gasteiger partial charge < -0.3 is 20.3 Å². The van der Waals surface area contributed by atoms with Crippen molar-refractivity contribution in [3.05, 3.63) is 65.5 Å². The Morgan fingerprint density at radius 3 is 2.45 bits per heavy atom. The molecule has 0 bridgehead atoms. The molecule has 7 nitrogen and oxygen atoms in total. The largest absolute Gasteiger partial charge is 0.411 e. The molecule has 2 aromatic carbocycles. The second-order valence-corrected chi connectivity index (χ2v) is 6.53. The van der Waals surface area contributed by atoms with Crippen LogP contribution < -0.4 is 15.5 Å². The van der Waals surface area contributed by atoms with Crippen molar-refractivity contribution >= 4 is 23.3 Å². The molecule has 3 amide bonds. The Morgan fingerprint density at radius 2 is 1.77 bits per heavy atom. The van der Waals surface area contributed by atoms with Gasteiger partial charge in [0.1, 0.15) is 19.2 Å². The number of para-hydroxylation sites is 1. The van der Waals surface area contributed by atoms with Crippen molar-refractivity contribution in [2.24, 2.45) is 4.99 Å². The van der Waals surface area contributed by atoms with E-state index in [2.05, 4.69) is 20.4 Å². The number of benzene rings is 2. The van der Waals surface area contributed by atoms with Gasteiger partial charge in [-0.25, -0.2) is 14.2 Å². The number of hydrogen-bond donors (Lipinski definition) is 2. The fourth-order valence-corrected chi connectivity index (χ4v) is 2.94. The summed E-state index contributed by atoms with van der Waals surface area (Å²) in [5, 5.41) is 4.34. The number of carbonyl (C=O) groups excluding carboxylic acids is 2. The molecule has 1 heterocycles. The smallest absolute Gasteiger partial charge is 0.352 e. The molecule has 2 aromatic rings. The number of halogens is 4. The van der Waals surface area contributed by atoms with Crippen molar-refractivity contribution in [3.8, 4) is 0 Å². The third kappa shape index (κ3) is 5.37. The van der Waals surface area contributed by atoms with E-state index in [1.165, 1.54) is 30.1 Å². The molecular weight excluding hydrogens is 420 g/mol. The van der Waals surface area contributed by atoms with Crippen LogP contribution in [0, 0.1) is 5.82 Å². The zero-order chi connectivity index (χ0) is 22.6. The molecule has 11 heteroatoms. The third-order valence-electron chi connectivity index (χ3n) is 4.34. The molecule has 1 unspecified atom stereocenters. The molecular formula is C20H18F4N4O3. The van der Waals surface area contributed by atoms with Gasteiger partial charge in [0, 0.05) is 18.2 Å². The summed E-state index contributed by atoms with van der Waals surface area (Å²) in [4.78, 5) is 30.5. The molecule has 0 aliphatic carbocycles. The third-order valence-corrected chi connectivity index (χ3v) is 4.34. The van der Waals surface area contributed by atoms with E-state index in [9.17, 15) is 27.2 Å². The van der Waals surface area contributed by atoms with Gasteiger partial charge in [0.05, 0.1) is 11.4 Å². The highest BCUT2D eigenvalue weighted by molar-refractivity contribution is 6.20. The van der Waals surface area contributed by atoms with Gasteiger partial charge in [-0.05, 0) is 18.2 Å². The number of fused-ring (bicyclic) bond motifs is 1. The minimum absolute atomic E-state index is 0.124. The van der Waals surface area contributed by atoms with Gasteiger partial charge >= 0.3 is 12.2 Å². The molecule has 0 saturated heterocycles. The van der Waals surface area contributed by atoms with Crippen molar-refractivity contribution < 1.29 is 31.9 Å². The Bertz CT molecular complexity index is 1010. The maximum Gasteiger partial charge on any atom is 0.411 e. The maximum absolute atomic E-state index is 14.5. The van der Waals surface area contributed by atoms with Crippen molar-refractivity contribution in [1.29, 1.82) is 0 Å². The predicted molar refractivity (Wildman–Crippen MR) is 104 cm³/mol. The Kier molecular flexibility index (Phi) is 6.54. The molecule has 0 fully saturated rings. The molecule has 1 aliphatic rings. The lowest BCUT2D eigenvalue weighted by atomic mass is 10.00. The van der Waals surface area contributed by atoms with E-state index in [0.29, 0.717) is 11.3 Å². The average molecular weight is 438 g/mol. The number of amides is 3. The molecule has 1 atom stereocenters. The number of nitrogens with zero attached hydrogens (tertiary/aromatic N) is 2. The van der Waals surface area contributed by atoms with Gasteiger partial charge in [-0.2, -0.15) is 13.2 Å². The highest BCUT2D eigenvalue weighted by Crippen LogP contribution is 2.27. The standard InChI is InChI=1S/C20H18F4N4O3/c1-28-15-9-5-3-7-13(15)16(12-6-2-4-8-14(12)21)26-17(18(28)29)27-19(30)25-11-31-10-20(22,23)24/h2-9,17H,10-11H2,1H3,(H2,25,27,30). The van der Waals surface area contributed by atoms with Crippen LogP contribution in [-0.4, -0.2) is 50.4 Å². The fraction of sp³-hybridized carbons (Fsp3) is 0.250. The van der Waals surface area contributed by atoms with Crippen molar-refractivity contribution in [2.75, 3.05) is 25.3 Å². The first-order valence-corrected chi connectivity index (χ1v) is 9.06. The van der Waals surface area contributed by atoms with E-state index in [0.717, 1.165) is 0 Å². The van der Waals surface area contributed by atoms with Crippen LogP contribution in [0.5, 0.6) is 0 Å². The summed E-state index contributed by atoms with van der Waals surface area (Å²) in [6.45, 7) is -2.27. The summed E-state index contributed by atoms with van der Waals surface area (Å²) in [7, 11) is 1.47. The lowest BCUT2D eigenvalue weighted by Crippen LogP contribution is -2.49. The van der Waals surface area contributed by atoms with Crippen LogP contribution >= 0.6 is 0 Å². The molecule has 164 valence electrons. The van der Waals surface area contributed by atoms with Gasteiger partial charge in [0.2, 0.25) is 6.17 Å². The highest BCUT2D eigenvalue weighted by atomic mass is 19.4. The first kappa shape index (κ1) is 22.2. The molecule has 0 radical (unpaired) electrons. The number of likely N-dealkylation sites (N-methyl/N-ethyl adjacent to an activating group) is 1. The SMILES string of the molecule is CN1C(=O)C(NC(=O)NCOCC(F)(F)F)N=C(c2ccccc2F)c2ccccc21. The first-order valence-electron chi connectivity index (χ1n) is 9.06. The zero-order valence-electron chi connectivity index (χ0n) is 16.2. The first-order chi connectivity index (χ1) is 14.7. The molecule has 2 N–H and O–H groups in total. The number of nitrogens with one attached hydrogen (secondary N) is 2. The topological polar surface area (TPSA) is 83.0 Å². The molecule has 1 aliphatic heterocycles. The number of alkyl halides is 3. The van der Waals surface area contributed by atoms with E-state index >= 15 is 0 Å². The van der Waals surface area contributed by atoms with Crippen LogP contribution in [0.2, 0.25) is 0 Å². The second-order valence-electron chi connectivity index (χ2n) is 6.53. The minimum Gasteiger partial charge on any atom is -0.352 e. The normalized spacial score (nSPS) is 16.3. The van der Waals surface area contributed by atoms with Crippen LogP contribution in [0.3, 0.4) is 0 Å². The zero-order valence-corrected chi connectivity index (χ0v) is 16.2. The monoisotopic (exact) mass is 438 g/mol. The summed E-state index contributed by atoms with van der Waals surface area (Å²) in [5.41, 5.74) is 1.19. The summed E-state index contributed by atoms with van der Waals surface area (Å²) >= 11 is 0. The number of urea groups is 1. The maximum atomic E-state index is 14.5. The Morgan fingerprint density at radius 1 is 1.13 bits per heavy atom. The van der Waals surface area contributed by atoms with Gasteiger partial charge in [-0.3, -0.25) is 4.79 Å². The second kappa shape index (κ2) is 9.13. The number of rotatable bonds is 5. The molecule has 3 rings (SSSR count). The lowest BCUT2D eigenvalue weighted by Gasteiger charge is -2.21. The average Bonchev–Trinajstić information content (AvgIpc) is 2.82. The van der Waals surface area contributed by atoms with Crippen molar-refractivity contribution in [2.45, 2.75) is 12.3 Å². The minimum atomic E-state index is -4.54. The fourth-order valence-electron chi connectivity index (χ4n) is 2.94. The summed E-state index contributed by atoms with van der Waals surface area (Å²) < 4.78 is 55.1. The summed E-state index contributed by atoms with van der Waals surface area (Å²) in [6.07, 6.45) is -5.99. The number of anilines is 1. The van der Waals surface area contributed by atoms with Gasteiger partial charge in [-0.15, -0.1) is 0 Å². The van der Waals surface area contributed by atoms with E-state index in [4.69, 9.17) is 0 Å². The van der Waals surface area contributed by atoms with Crippen LogP contribution in [0.15, 0.2) is 53.5 Å². The number of hydrogen-bond acceptors (Lipinski definition) is 4. The number of benzodiazepines with no additional fused rings is 1. The van der Waals surface area contributed by atoms with Crippen LogP contribution in [-0.2, 0) is 9.53 Å². The van der Waals surface area contributed by atoms with E-state index < -0.39 is 43.4 Å². The lowest BCUT2D eigenvalue weighted by molar-refractivity contribution is -0.174. The van der Waals surface area contributed by atoms with Crippen LogP contribution in [0.25, 0.3) is 0 Å². The van der Waals surface area contributed by atoms with Crippen LogP contribution in [0.4, 0.5) is 28.0 Å². The predicted octanol–water partition coefficient (Wildman–Crippen LogP) is 2.80. The van der Waals surface area contributed by atoms with Gasteiger partial charge in [0.15, 0.2) is 0 Å². The number of ether oxygens (including phenoxy) is 1. The van der Waals surface area contributed by atoms with Gasteiger partial charge in [0.25, 0.3) is 5.91 Å². The Balaban J connectivity index is 1.87. The Labute approximate surface area is 174 Å². The molecule has 0 spiro atoms. The van der Waals surface area contributed by atoms with E-state index in [1.807, 2.05) is 0 Å².